The Labute approximate surface area is 142 Å². The van der Waals surface area contributed by atoms with Crippen molar-refractivity contribution in [3.8, 4) is 17.2 Å². The number of nitrogens with one attached hydrogen (secondary N) is 2. The molecular weight excluding hydrogens is 385 g/mol. The van der Waals surface area contributed by atoms with E-state index in [9.17, 15) is 0 Å². The van der Waals surface area contributed by atoms with Gasteiger partial charge in [-0.1, -0.05) is 0 Å². The molecule has 0 saturated heterocycles. The minimum atomic E-state index is 0. The first-order valence-corrected chi connectivity index (χ1v) is 6.59. The number of hydrogen-bond donors (Lipinski definition) is 2. The second-order valence-electron chi connectivity index (χ2n) is 4.38. The smallest absolute Gasteiger partial charge is 0.191 e. The van der Waals surface area contributed by atoms with Crippen LogP contribution in [0, 0.1) is 0 Å². The Morgan fingerprint density at radius 3 is 2.33 bits per heavy atom. The van der Waals surface area contributed by atoms with Gasteiger partial charge >= 0.3 is 0 Å². The zero-order valence-electron chi connectivity index (χ0n) is 12.6. The van der Waals surface area contributed by atoms with Crippen molar-refractivity contribution < 1.29 is 14.2 Å². The summed E-state index contributed by atoms with van der Waals surface area (Å²) in [6.45, 7) is 2.42. The molecule has 0 radical (unpaired) electrons. The summed E-state index contributed by atoms with van der Waals surface area (Å²) in [5, 5.41) is 6.48. The molecule has 2 N–H and O–H groups in total. The number of halogens is 1. The normalized spacial score (nSPS) is 13.4. The molecule has 1 aliphatic rings. The third-order valence-electron chi connectivity index (χ3n) is 3.13. The van der Waals surface area contributed by atoms with Gasteiger partial charge in [-0.2, -0.15) is 0 Å². The Morgan fingerprint density at radius 1 is 1.10 bits per heavy atom. The summed E-state index contributed by atoms with van der Waals surface area (Å²) in [6.07, 6.45) is 1.07. The fourth-order valence-corrected chi connectivity index (χ4v) is 2.06. The summed E-state index contributed by atoms with van der Waals surface area (Å²) < 4.78 is 16.0. The molecule has 2 rings (SSSR count). The summed E-state index contributed by atoms with van der Waals surface area (Å²) in [5.74, 6) is 2.92. The fraction of sp³-hybridized carbons (Fsp3) is 0.500. The summed E-state index contributed by atoms with van der Waals surface area (Å²) in [4.78, 5) is 4.37. The third-order valence-corrected chi connectivity index (χ3v) is 3.13. The molecule has 0 atom stereocenters. The van der Waals surface area contributed by atoms with Gasteiger partial charge in [-0.05, 0) is 12.5 Å². The van der Waals surface area contributed by atoms with Crippen molar-refractivity contribution in [2.75, 3.05) is 34.4 Å². The van der Waals surface area contributed by atoms with Crippen molar-refractivity contribution in [3.63, 3.8) is 0 Å². The summed E-state index contributed by atoms with van der Waals surface area (Å²) in [6, 6.07) is 3.74. The molecule has 0 spiro atoms. The Hall–Kier alpha value is -1.38. The highest BCUT2D eigenvalue weighted by molar-refractivity contribution is 14.0. The lowest BCUT2D eigenvalue weighted by atomic mass is 10.1. The van der Waals surface area contributed by atoms with Gasteiger partial charge < -0.3 is 24.8 Å². The van der Waals surface area contributed by atoms with E-state index in [0.717, 1.165) is 36.8 Å². The van der Waals surface area contributed by atoms with E-state index in [4.69, 9.17) is 14.2 Å². The molecule has 1 aromatic carbocycles. The number of guanidine groups is 1. The minimum absolute atomic E-state index is 0. The van der Waals surface area contributed by atoms with Gasteiger partial charge in [0.15, 0.2) is 17.5 Å². The molecule has 1 aromatic rings. The second-order valence-corrected chi connectivity index (χ2v) is 4.38. The standard InChI is InChI=1S/C14H21N3O3.HI/c1-18-11-8-13(20-3)12(19-2)7-10(11)9-17-14-15-5-4-6-16-14;/h7-8H,4-6,9H2,1-3H3,(H2,15,16,17);1H. The molecular formula is C14H22IN3O3. The van der Waals surface area contributed by atoms with Crippen LogP contribution in [0.2, 0.25) is 0 Å². The van der Waals surface area contributed by atoms with Crippen LogP contribution in [0.1, 0.15) is 12.0 Å². The molecule has 0 fully saturated rings. The second kappa shape index (κ2) is 8.81. The van der Waals surface area contributed by atoms with Crippen LogP contribution in [-0.4, -0.2) is 40.4 Å². The van der Waals surface area contributed by atoms with Crippen molar-refractivity contribution >= 4 is 29.9 Å². The van der Waals surface area contributed by atoms with E-state index in [-0.39, 0.29) is 24.0 Å². The number of rotatable bonds is 5. The van der Waals surface area contributed by atoms with Crippen LogP contribution in [0.5, 0.6) is 17.2 Å². The summed E-state index contributed by atoms with van der Waals surface area (Å²) in [5.41, 5.74) is 0.986. The van der Waals surface area contributed by atoms with Crippen LogP contribution in [0.15, 0.2) is 17.1 Å². The molecule has 0 amide bonds. The Kier molecular flexibility index (Phi) is 7.41. The van der Waals surface area contributed by atoms with Gasteiger partial charge in [-0.15, -0.1) is 24.0 Å². The van der Waals surface area contributed by atoms with Crippen LogP contribution in [0.25, 0.3) is 0 Å². The number of nitrogens with zero attached hydrogens (tertiary/aromatic N) is 1. The monoisotopic (exact) mass is 407 g/mol. The molecule has 0 bridgehead atoms. The lowest BCUT2D eigenvalue weighted by molar-refractivity contribution is 0.347. The number of benzene rings is 1. The van der Waals surface area contributed by atoms with E-state index < -0.39 is 0 Å². The molecule has 6 nitrogen and oxygen atoms in total. The third kappa shape index (κ3) is 4.55. The van der Waals surface area contributed by atoms with Crippen LogP contribution < -0.4 is 24.8 Å². The number of hydrogen-bond acceptors (Lipinski definition) is 6. The van der Waals surface area contributed by atoms with E-state index in [1.54, 1.807) is 21.3 Å². The van der Waals surface area contributed by atoms with E-state index in [1.165, 1.54) is 0 Å². The maximum Gasteiger partial charge on any atom is 0.191 e. The molecule has 7 heteroatoms. The van der Waals surface area contributed by atoms with Crippen molar-refractivity contribution in [3.05, 3.63) is 17.7 Å². The maximum atomic E-state index is 5.39. The average molecular weight is 407 g/mol. The van der Waals surface area contributed by atoms with Crippen LogP contribution in [-0.2, 0) is 6.54 Å². The van der Waals surface area contributed by atoms with Gasteiger partial charge in [-0.25, -0.2) is 0 Å². The molecule has 0 aliphatic carbocycles. The molecule has 0 saturated carbocycles. The Morgan fingerprint density at radius 2 is 1.76 bits per heavy atom. The van der Waals surface area contributed by atoms with Crippen LogP contribution >= 0.6 is 24.0 Å². The molecule has 118 valence electrons. The predicted octanol–water partition coefficient (Wildman–Crippen LogP) is 1.77. The van der Waals surface area contributed by atoms with Gasteiger partial charge in [0, 0.05) is 31.3 Å². The Bertz CT molecular complexity index is 495. The quantitative estimate of drug-likeness (QED) is 0.729. The molecule has 21 heavy (non-hydrogen) atoms. The summed E-state index contributed by atoms with van der Waals surface area (Å²) >= 11 is 0. The lowest BCUT2D eigenvalue weighted by Gasteiger charge is -2.18. The lowest BCUT2D eigenvalue weighted by Crippen LogP contribution is -2.40. The first-order chi connectivity index (χ1) is 9.78. The van der Waals surface area contributed by atoms with E-state index in [1.807, 2.05) is 12.1 Å². The average Bonchev–Trinajstić information content (AvgIpc) is 2.52. The van der Waals surface area contributed by atoms with Gasteiger partial charge in [0.1, 0.15) is 5.75 Å². The van der Waals surface area contributed by atoms with Gasteiger partial charge in [0.25, 0.3) is 0 Å². The van der Waals surface area contributed by atoms with E-state index in [0.29, 0.717) is 18.0 Å². The highest BCUT2D eigenvalue weighted by atomic mass is 127. The van der Waals surface area contributed by atoms with Crippen molar-refractivity contribution in [2.24, 2.45) is 4.99 Å². The number of aliphatic imine (C=N–C) groups is 1. The fourth-order valence-electron chi connectivity index (χ4n) is 2.06. The van der Waals surface area contributed by atoms with Crippen LogP contribution in [0.3, 0.4) is 0 Å². The highest BCUT2D eigenvalue weighted by Crippen LogP contribution is 2.34. The number of ether oxygens (including phenoxy) is 3. The first-order valence-electron chi connectivity index (χ1n) is 6.59. The maximum absolute atomic E-state index is 5.39. The van der Waals surface area contributed by atoms with E-state index in [2.05, 4.69) is 15.6 Å². The minimum Gasteiger partial charge on any atom is -0.496 e. The zero-order chi connectivity index (χ0) is 14.4. The zero-order valence-corrected chi connectivity index (χ0v) is 14.9. The first kappa shape index (κ1) is 17.7. The van der Waals surface area contributed by atoms with Crippen molar-refractivity contribution in [1.82, 2.24) is 10.6 Å². The van der Waals surface area contributed by atoms with Gasteiger partial charge in [-0.3, -0.25) is 4.99 Å². The molecule has 0 unspecified atom stereocenters. The molecule has 1 aliphatic heterocycles. The van der Waals surface area contributed by atoms with Gasteiger partial charge in [0.2, 0.25) is 0 Å². The topological polar surface area (TPSA) is 64.1 Å². The molecule has 1 heterocycles. The van der Waals surface area contributed by atoms with Crippen molar-refractivity contribution in [2.45, 2.75) is 13.0 Å². The van der Waals surface area contributed by atoms with Crippen molar-refractivity contribution in [1.29, 1.82) is 0 Å². The summed E-state index contributed by atoms with van der Waals surface area (Å²) in [7, 11) is 4.87. The predicted molar refractivity (Wildman–Crippen MR) is 93.3 cm³/mol. The number of methoxy groups -OCH3 is 3. The Balaban J connectivity index is 0.00000220. The van der Waals surface area contributed by atoms with Crippen LogP contribution in [0.4, 0.5) is 0 Å². The largest absolute Gasteiger partial charge is 0.496 e. The SMILES string of the molecule is COc1cc(OC)c(OC)cc1CNC1=NCCCN1.I. The van der Waals surface area contributed by atoms with Gasteiger partial charge in [0.05, 0.1) is 21.3 Å². The highest BCUT2D eigenvalue weighted by Gasteiger charge is 2.12. The molecule has 0 aromatic heterocycles. The van der Waals surface area contributed by atoms with E-state index >= 15 is 0 Å².